The van der Waals surface area contributed by atoms with Crippen molar-refractivity contribution in [1.29, 1.82) is 0 Å². The number of hydrogen-bond acceptors (Lipinski definition) is 9. The molecule has 10 heteroatoms. The van der Waals surface area contributed by atoms with Crippen molar-refractivity contribution in [3.63, 3.8) is 0 Å². The maximum atomic E-state index is 12.8. The van der Waals surface area contributed by atoms with Crippen LogP contribution in [0.25, 0.3) is 34.3 Å². The average Bonchev–Trinajstić information content (AvgIpc) is 3.19. The number of carbonyl (C=O) groups excluding carboxylic acids is 1. The highest BCUT2D eigenvalue weighted by Crippen LogP contribution is 2.27. The molecule has 1 aromatic carbocycles. The lowest BCUT2D eigenvalue weighted by molar-refractivity contribution is 0.0760. The Hall–Kier alpha value is -4.18. The molecule has 1 aliphatic rings. The van der Waals surface area contributed by atoms with Crippen LogP contribution in [0.4, 0.5) is 5.82 Å². The van der Waals surface area contributed by atoms with Crippen LogP contribution in [-0.4, -0.2) is 62.1 Å². The third-order valence-electron chi connectivity index (χ3n) is 5.35. The van der Waals surface area contributed by atoms with Gasteiger partial charge in [0.2, 0.25) is 5.89 Å². The van der Waals surface area contributed by atoms with Crippen LogP contribution in [0.5, 0.6) is 0 Å². The van der Waals surface area contributed by atoms with Crippen LogP contribution >= 0.6 is 0 Å². The molecular weight excluding hydrogens is 420 g/mol. The molecule has 3 aromatic heterocycles. The summed E-state index contributed by atoms with van der Waals surface area (Å²) in [4.78, 5) is 27.8. The van der Waals surface area contributed by atoms with Gasteiger partial charge in [-0.05, 0) is 37.2 Å². The molecule has 0 radical (unpaired) electrons. The summed E-state index contributed by atoms with van der Waals surface area (Å²) >= 11 is 0. The molecular formula is C23H22N8O2. The molecule has 1 aliphatic heterocycles. The largest absolute Gasteiger partial charge is 0.414 e. The van der Waals surface area contributed by atoms with Crippen molar-refractivity contribution in [3.05, 3.63) is 60.6 Å². The van der Waals surface area contributed by atoms with E-state index in [9.17, 15) is 4.79 Å². The summed E-state index contributed by atoms with van der Waals surface area (Å²) in [6, 6.07) is 12.9. The summed E-state index contributed by atoms with van der Waals surface area (Å²) in [6.07, 6.45) is 4.08. The van der Waals surface area contributed by atoms with E-state index in [1.54, 1.807) is 24.5 Å². The number of nitrogen functional groups attached to an aromatic ring is 1. The Bertz CT molecular complexity index is 1250. The molecule has 0 spiro atoms. The van der Waals surface area contributed by atoms with Crippen molar-refractivity contribution in [2.24, 2.45) is 0 Å². The summed E-state index contributed by atoms with van der Waals surface area (Å²) < 4.78 is 5.78. The number of benzene rings is 1. The number of aromatic nitrogens is 5. The van der Waals surface area contributed by atoms with Gasteiger partial charge < -0.3 is 20.4 Å². The van der Waals surface area contributed by atoms with E-state index in [1.165, 1.54) is 0 Å². The van der Waals surface area contributed by atoms with Crippen molar-refractivity contribution in [2.45, 2.75) is 6.42 Å². The second-order valence-corrected chi connectivity index (χ2v) is 7.60. The Morgan fingerprint density at radius 1 is 0.939 bits per heavy atom. The Balaban J connectivity index is 1.39. The number of nitrogens with two attached hydrogens (primary N) is 1. The van der Waals surface area contributed by atoms with Crippen LogP contribution in [0.3, 0.4) is 0 Å². The fraction of sp³-hybridized carbons (Fsp3) is 0.217. The first-order valence-electron chi connectivity index (χ1n) is 10.7. The molecule has 0 saturated carbocycles. The van der Waals surface area contributed by atoms with Gasteiger partial charge >= 0.3 is 0 Å². The second-order valence-electron chi connectivity index (χ2n) is 7.60. The van der Waals surface area contributed by atoms with Crippen molar-refractivity contribution < 1.29 is 9.21 Å². The monoisotopic (exact) mass is 442 g/mol. The first-order chi connectivity index (χ1) is 16.2. The van der Waals surface area contributed by atoms with Gasteiger partial charge in [-0.1, -0.05) is 18.2 Å². The third-order valence-corrected chi connectivity index (χ3v) is 5.35. The van der Waals surface area contributed by atoms with Crippen LogP contribution in [0, 0.1) is 0 Å². The van der Waals surface area contributed by atoms with Gasteiger partial charge in [0, 0.05) is 37.0 Å². The van der Waals surface area contributed by atoms with Crippen molar-refractivity contribution in [2.75, 3.05) is 31.9 Å². The number of pyridine rings is 1. The molecule has 5 rings (SSSR count). The standard InChI is InChI=1S/C23H22N8O2/c24-20-19(22-30-29-21(33-22)15-5-2-1-3-6-15)28-18(14-27-20)16-7-8-17(26-13-16)23(32)31-11-4-9-25-10-12-31/h1-3,5-8,13-14,25H,4,9-12H2,(H2,24,27). The number of hydrogen-bond donors (Lipinski definition) is 2. The zero-order valence-electron chi connectivity index (χ0n) is 17.8. The first kappa shape index (κ1) is 20.7. The second kappa shape index (κ2) is 9.13. The maximum absolute atomic E-state index is 12.8. The molecule has 0 bridgehead atoms. The summed E-state index contributed by atoms with van der Waals surface area (Å²) in [5.74, 6) is 0.644. The predicted molar refractivity (Wildman–Crippen MR) is 122 cm³/mol. The zero-order chi connectivity index (χ0) is 22.6. The molecule has 1 fully saturated rings. The molecule has 0 unspecified atom stereocenters. The van der Waals surface area contributed by atoms with E-state index in [2.05, 4.69) is 30.5 Å². The molecule has 1 saturated heterocycles. The molecule has 166 valence electrons. The third kappa shape index (κ3) is 4.41. The van der Waals surface area contributed by atoms with Gasteiger partial charge in [0.15, 0.2) is 11.5 Å². The van der Waals surface area contributed by atoms with Crippen LogP contribution in [0.15, 0.2) is 59.3 Å². The van der Waals surface area contributed by atoms with E-state index in [1.807, 2.05) is 35.2 Å². The smallest absolute Gasteiger partial charge is 0.272 e. The normalized spacial score (nSPS) is 14.1. The summed E-state index contributed by atoms with van der Waals surface area (Å²) in [5, 5.41) is 11.5. The first-order valence-corrected chi connectivity index (χ1v) is 10.7. The van der Waals surface area contributed by atoms with Crippen molar-refractivity contribution >= 4 is 11.7 Å². The molecule has 33 heavy (non-hydrogen) atoms. The molecule has 3 N–H and O–H groups in total. The van der Waals surface area contributed by atoms with Crippen molar-refractivity contribution in [3.8, 4) is 34.3 Å². The topological polar surface area (TPSA) is 136 Å². The lowest BCUT2D eigenvalue weighted by atomic mass is 10.2. The van der Waals surface area contributed by atoms with E-state index in [0.29, 0.717) is 35.1 Å². The minimum atomic E-state index is -0.0753. The number of amides is 1. The van der Waals surface area contributed by atoms with Crippen LogP contribution in [-0.2, 0) is 0 Å². The van der Waals surface area contributed by atoms with Gasteiger partial charge in [-0.2, -0.15) is 0 Å². The SMILES string of the molecule is Nc1ncc(-c2ccc(C(=O)N3CCCNCC3)nc2)nc1-c1nnc(-c2ccccc2)o1. The van der Waals surface area contributed by atoms with E-state index in [4.69, 9.17) is 10.2 Å². The Kier molecular flexibility index (Phi) is 5.73. The Morgan fingerprint density at radius 2 is 1.79 bits per heavy atom. The van der Waals surface area contributed by atoms with Crippen LogP contribution < -0.4 is 11.1 Å². The van der Waals surface area contributed by atoms with Gasteiger partial charge in [-0.15, -0.1) is 10.2 Å². The highest BCUT2D eigenvalue weighted by molar-refractivity contribution is 5.92. The Morgan fingerprint density at radius 3 is 2.61 bits per heavy atom. The maximum Gasteiger partial charge on any atom is 0.272 e. The van der Waals surface area contributed by atoms with E-state index >= 15 is 0 Å². The molecule has 4 aromatic rings. The molecule has 1 amide bonds. The van der Waals surface area contributed by atoms with Gasteiger partial charge in [0.25, 0.3) is 11.8 Å². The summed E-state index contributed by atoms with van der Waals surface area (Å²) in [7, 11) is 0. The number of nitrogens with zero attached hydrogens (tertiary/aromatic N) is 6. The van der Waals surface area contributed by atoms with Gasteiger partial charge in [0.1, 0.15) is 5.69 Å². The quantitative estimate of drug-likeness (QED) is 0.488. The minimum Gasteiger partial charge on any atom is -0.414 e. The lowest BCUT2D eigenvalue weighted by Crippen LogP contribution is -2.34. The summed E-state index contributed by atoms with van der Waals surface area (Å²) in [5.41, 5.74) is 8.74. The molecule has 4 heterocycles. The lowest BCUT2D eigenvalue weighted by Gasteiger charge is -2.19. The number of rotatable bonds is 4. The Labute approximate surface area is 189 Å². The van der Waals surface area contributed by atoms with Gasteiger partial charge in [-0.25, -0.2) is 9.97 Å². The van der Waals surface area contributed by atoms with E-state index in [0.717, 1.165) is 31.6 Å². The number of nitrogens with one attached hydrogen (secondary N) is 1. The molecule has 0 atom stereocenters. The fourth-order valence-electron chi connectivity index (χ4n) is 3.59. The minimum absolute atomic E-state index is 0.0753. The van der Waals surface area contributed by atoms with E-state index < -0.39 is 0 Å². The number of carbonyl (C=O) groups is 1. The van der Waals surface area contributed by atoms with E-state index in [-0.39, 0.29) is 17.6 Å². The van der Waals surface area contributed by atoms with Gasteiger partial charge in [0.05, 0.1) is 11.9 Å². The number of anilines is 1. The average molecular weight is 442 g/mol. The van der Waals surface area contributed by atoms with Crippen LogP contribution in [0.1, 0.15) is 16.9 Å². The zero-order valence-corrected chi connectivity index (χ0v) is 17.8. The van der Waals surface area contributed by atoms with Crippen molar-refractivity contribution in [1.82, 2.24) is 35.4 Å². The van der Waals surface area contributed by atoms with Crippen LogP contribution in [0.2, 0.25) is 0 Å². The highest BCUT2D eigenvalue weighted by atomic mass is 16.4. The predicted octanol–water partition coefficient (Wildman–Crippen LogP) is 2.27. The summed E-state index contributed by atoms with van der Waals surface area (Å²) in [6.45, 7) is 3.10. The molecule has 10 nitrogen and oxygen atoms in total. The fourth-order valence-corrected chi connectivity index (χ4v) is 3.59. The highest BCUT2D eigenvalue weighted by Gasteiger charge is 2.19. The van der Waals surface area contributed by atoms with Gasteiger partial charge in [-0.3, -0.25) is 9.78 Å². The molecule has 0 aliphatic carbocycles.